The Hall–Kier alpha value is -2.31. The van der Waals surface area contributed by atoms with E-state index in [0.29, 0.717) is 5.56 Å². The quantitative estimate of drug-likeness (QED) is 0.687. The smallest absolute Gasteiger partial charge is 0.263 e. The molecule has 1 aliphatic rings. The Bertz CT molecular complexity index is 558. The molecular formula is C10H10N4O2. The summed E-state index contributed by atoms with van der Waals surface area (Å²) in [4.78, 5) is 16.4. The lowest BCUT2D eigenvalue weighted by Crippen LogP contribution is -2.15. The molecule has 1 saturated carbocycles. The van der Waals surface area contributed by atoms with Gasteiger partial charge in [-0.05, 0) is 30.2 Å². The number of hydrogen-bond acceptors (Lipinski definition) is 3. The van der Waals surface area contributed by atoms with E-state index >= 15 is 0 Å². The first-order chi connectivity index (χ1) is 7.19. The van der Waals surface area contributed by atoms with Gasteiger partial charge in [-0.15, -0.1) is 0 Å². The number of H-pyrrole nitrogens is 1. The first-order valence-electron chi connectivity index (χ1n) is 4.43. The van der Waals surface area contributed by atoms with Gasteiger partial charge in [0.2, 0.25) is 0 Å². The Morgan fingerprint density at radius 2 is 2.19 bits per heavy atom. The average Bonchev–Trinajstić information content (AvgIpc) is 3.00. The van der Waals surface area contributed by atoms with Gasteiger partial charge < -0.3 is 16.2 Å². The zero-order valence-corrected chi connectivity index (χ0v) is 8.70. The van der Waals surface area contributed by atoms with Gasteiger partial charge in [0.05, 0.1) is 6.57 Å². The van der Waals surface area contributed by atoms with Crippen LogP contribution in [0.4, 0.5) is 5.69 Å². The van der Waals surface area contributed by atoms with Gasteiger partial charge in [0.1, 0.15) is 11.6 Å². The molecule has 5 N–H and O–H groups in total. The van der Waals surface area contributed by atoms with Gasteiger partial charge in [0.15, 0.2) is 5.69 Å². The number of rotatable bonds is 1. The van der Waals surface area contributed by atoms with E-state index in [1.54, 1.807) is 6.07 Å². The molecule has 0 radical (unpaired) electrons. The summed E-state index contributed by atoms with van der Waals surface area (Å²) in [5, 5.41) is 20.1. The molecule has 0 amide bonds. The standard InChI is InChI=1S/C10H7N3O2.H3N/c1-12-8-7(5-2-3-5)6(4-11)9(14)13-10(8)15;/h5H,2-3H2,(H2,13,14,15);1H3. The number of hydrogen-bond donors (Lipinski definition) is 2. The lowest BCUT2D eigenvalue weighted by molar-refractivity contribution is -0.273. The third kappa shape index (κ3) is 1.62. The Morgan fingerprint density at radius 3 is 2.62 bits per heavy atom. The van der Waals surface area contributed by atoms with Crippen molar-refractivity contribution in [2.75, 3.05) is 0 Å². The van der Waals surface area contributed by atoms with Crippen LogP contribution >= 0.6 is 0 Å². The van der Waals surface area contributed by atoms with Crippen LogP contribution in [0.3, 0.4) is 0 Å². The van der Waals surface area contributed by atoms with E-state index in [1.165, 1.54) is 0 Å². The first kappa shape index (κ1) is 11.8. The molecule has 0 aromatic carbocycles. The van der Waals surface area contributed by atoms with Gasteiger partial charge in [-0.3, -0.25) is 4.79 Å². The minimum atomic E-state index is -0.684. The minimum Gasteiger partial charge on any atom is -0.869 e. The van der Waals surface area contributed by atoms with Gasteiger partial charge in [0.25, 0.3) is 5.56 Å². The summed E-state index contributed by atoms with van der Waals surface area (Å²) in [5.41, 5.74) is -0.519. The third-order valence-corrected chi connectivity index (χ3v) is 2.40. The fraction of sp³-hybridized carbons (Fsp3) is 0.300. The summed E-state index contributed by atoms with van der Waals surface area (Å²) in [6, 6.07) is 1.76. The molecule has 6 nitrogen and oxygen atoms in total. The molecule has 2 rings (SSSR count). The second-order valence-corrected chi connectivity index (χ2v) is 3.42. The van der Waals surface area contributed by atoms with Crippen LogP contribution in [0.2, 0.25) is 0 Å². The second-order valence-electron chi connectivity index (χ2n) is 3.42. The number of aromatic amines is 1. The maximum atomic E-state index is 11.3. The van der Waals surface area contributed by atoms with Crippen LogP contribution in [-0.2, 0) is 0 Å². The number of nitrogens with zero attached hydrogens (tertiary/aromatic N) is 2. The SMILES string of the molecule is [C-]#[N+]c1c([O-])[nH]c(=O)c(C#N)c1C1CC1.[NH4+]. The summed E-state index contributed by atoms with van der Waals surface area (Å²) in [7, 11) is 0. The van der Waals surface area contributed by atoms with Gasteiger partial charge >= 0.3 is 0 Å². The highest BCUT2D eigenvalue weighted by atomic mass is 16.3. The van der Waals surface area contributed by atoms with E-state index in [0.717, 1.165) is 12.8 Å². The van der Waals surface area contributed by atoms with Gasteiger partial charge in [-0.1, -0.05) is 0 Å². The summed E-state index contributed by atoms with van der Waals surface area (Å²) in [6.07, 6.45) is 1.67. The Balaban J connectivity index is 0.00000128. The highest BCUT2D eigenvalue weighted by molar-refractivity contribution is 5.65. The van der Waals surface area contributed by atoms with E-state index in [1.807, 2.05) is 4.98 Å². The topological polar surface area (TPSA) is 121 Å². The monoisotopic (exact) mass is 218 g/mol. The van der Waals surface area contributed by atoms with Crippen molar-refractivity contribution in [2.45, 2.75) is 18.8 Å². The van der Waals surface area contributed by atoms with Crippen LogP contribution in [0.15, 0.2) is 4.79 Å². The molecule has 1 heterocycles. The lowest BCUT2D eigenvalue weighted by Gasteiger charge is -2.12. The summed E-state index contributed by atoms with van der Waals surface area (Å²) in [5.74, 6) is -0.644. The molecule has 1 fully saturated rings. The van der Waals surface area contributed by atoms with Crippen molar-refractivity contribution < 1.29 is 5.11 Å². The molecule has 0 unspecified atom stereocenters. The zero-order valence-electron chi connectivity index (χ0n) is 8.70. The van der Waals surface area contributed by atoms with E-state index in [-0.39, 0.29) is 23.3 Å². The molecular weight excluding hydrogens is 208 g/mol. The van der Waals surface area contributed by atoms with E-state index in [4.69, 9.17) is 11.8 Å². The van der Waals surface area contributed by atoms with Crippen molar-refractivity contribution >= 4 is 5.69 Å². The van der Waals surface area contributed by atoms with Crippen molar-refractivity contribution in [3.63, 3.8) is 0 Å². The lowest BCUT2D eigenvalue weighted by atomic mass is 10.0. The van der Waals surface area contributed by atoms with Gasteiger partial charge in [0, 0.05) is 0 Å². The van der Waals surface area contributed by atoms with E-state index < -0.39 is 11.4 Å². The van der Waals surface area contributed by atoms with Crippen LogP contribution in [-0.4, -0.2) is 4.98 Å². The molecule has 0 spiro atoms. The summed E-state index contributed by atoms with van der Waals surface area (Å²) >= 11 is 0. The Labute approximate surface area is 91.6 Å². The molecule has 82 valence electrons. The van der Waals surface area contributed by atoms with Crippen molar-refractivity contribution in [3.05, 3.63) is 32.9 Å². The minimum absolute atomic E-state index is 0. The fourth-order valence-electron chi connectivity index (χ4n) is 1.58. The van der Waals surface area contributed by atoms with Crippen molar-refractivity contribution in [1.29, 1.82) is 5.26 Å². The molecule has 1 aromatic heterocycles. The summed E-state index contributed by atoms with van der Waals surface area (Å²) in [6.45, 7) is 6.88. The van der Waals surface area contributed by atoms with E-state index in [9.17, 15) is 9.90 Å². The van der Waals surface area contributed by atoms with Gasteiger partial charge in [-0.25, -0.2) is 4.85 Å². The van der Waals surface area contributed by atoms with Crippen LogP contribution in [0.5, 0.6) is 5.88 Å². The maximum Gasteiger partial charge on any atom is 0.263 e. The maximum absolute atomic E-state index is 11.3. The predicted molar refractivity (Wildman–Crippen MR) is 55.4 cm³/mol. The number of aromatic nitrogens is 1. The highest BCUT2D eigenvalue weighted by Crippen LogP contribution is 2.46. The third-order valence-electron chi connectivity index (χ3n) is 2.40. The van der Waals surface area contributed by atoms with Crippen LogP contribution in [0.25, 0.3) is 4.85 Å². The molecule has 0 saturated heterocycles. The average molecular weight is 218 g/mol. The summed E-state index contributed by atoms with van der Waals surface area (Å²) < 4.78 is 0. The fourth-order valence-corrected chi connectivity index (χ4v) is 1.58. The first-order valence-corrected chi connectivity index (χ1v) is 4.43. The van der Waals surface area contributed by atoms with Crippen LogP contribution < -0.4 is 16.8 Å². The number of nitrogens with one attached hydrogen (secondary N) is 1. The largest absolute Gasteiger partial charge is 0.869 e. The molecule has 6 heteroatoms. The van der Waals surface area contributed by atoms with Crippen LogP contribution in [0.1, 0.15) is 29.9 Å². The number of quaternary nitrogens is 1. The van der Waals surface area contributed by atoms with Crippen molar-refractivity contribution in [1.82, 2.24) is 11.1 Å². The number of nitriles is 1. The Kier molecular flexibility index (Phi) is 2.98. The highest BCUT2D eigenvalue weighted by Gasteiger charge is 2.30. The molecule has 16 heavy (non-hydrogen) atoms. The van der Waals surface area contributed by atoms with Crippen molar-refractivity contribution in [3.8, 4) is 11.9 Å². The van der Waals surface area contributed by atoms with E-state index in [2.05, 4.69) is 4.85 Å². The van der Waals surface area contributed by atoms with Crippen molar-refractivity contribution in [2.24, 2.45) is 0 Å². The Morgan fingerprint density at radius 1 is 1.56 bits per heavy atom. The normalized spacial score (nSPS) is 13.4. The van der Waals surface area contributed by atoms with Gasteiger partial charge in [-0.2, -0.15) is 5.26 Å². The number of pyridine rings is 1. The van der Waals surface area contributed by atoms with Crippen LogP contribution in [0, 0.1) is 17.9 Å². The second kappa shape index (κ2) is 4.05. The molecule has 1 aliphatic carbocycles. The predicted octanol–water partition coefficient (Wildman–Crippen LogP) is 1.12. The zero-order chi connectivity index (χ0) is 11.0. The molecule has 1 aromatic rings. The molecule has 0 atom stereocenters. The molecule has 0 bridgehead atoms. The molecule has 0 aliphatic heterocycles.